The van der Waals surface area contributed by atoms with Crippen molar-refractivity contribution >= 4 is 32.6 Å². The zero-order valence-electron chi connectivity index (χ0n) is 22.5. The average Bonchev–Trinajstić information content (AvgIpc) is 3.21. The predicted octanol–water partition coefficient (Wildman–Crippen LogP) is 9.75. The van der Waals surface area contributed by atoms with E-state index < -0.39 is 0 Å². The highest BCUT2D eigenvalue weighted by Gasteiger charge is 2.24. The molecule has 0 amide bonds. The molecular formula is C36H35N. The molecule has 0 unspecified atom stereocenters. The second-order valence-corrected chi connectivity index (χ2v) is 12.1. The molecule has 0 spiro atoms. The van der Waals surface area contributed by atoms with Gasteiger partial charge in [0.1, 0.15) is 0 Å². The maximum Gasteiger partial charge on any atom is 0.0541 e. The lowest BCUT2D eigenvalue weighted by Crippen LogP contribution is -2.21. The summed E-state index contributed by atoms with van der Waals surface area (Å²) in [5.74, 6) is 0. The van der Waals surface area contributed by atoms with Crippen LogP contribution in [0.25, 0.3) is 38.3 Å². The lowest BCUT2D eigenvalue weighted by molar-refractivity contribution is 0.527. The Hall–Kier alpha value is -3.84. The summed E-state index contributed by atoms with van der Waals surface area (Å²) >= 11 is 0. The molecule has 0 saturated heterocycles. The predicted molar refractivity (Wildman–Crippen MR) is 160 cm³/mol. The van der Waals surface area contributed by atoms with E-state index in [1.807, 2.05) is 0 Å². The Labute approximate surface area is 220 Å². The van der Waals surface area contributed by atoms with Crippen molar-refractivity contribution in [1.29, 1.82) is 0 Å². The van der Waals surface area contributed by atoms with E-state index >= 15 is 0 Å². The van der Waals surface area contributed by atoms with Gasteiger partial charge in [0, 0.05) is 16.5 Å². The number of aromatic nitrogens is 1. The Morgan fingerprint density at radius 3 is 1.97 bits per heavy atom. The molecule has 0 fully saturated rings. The summed E-state index contributed by atoms with van der Waals surface area (Å²) in [6.45, 7) is 11.6. The highest BCUT2D eigenvalue weighted by molar-refractivity contribution is 6.09. The normalized spacial score (nSPS) is 12.6. The van der Waals surface area contributed by atoms with Gasteiger partial charge in [-0.1, -0.05) is 113 Å². The third kappa shape index (κ3) is 4.13. The highest BCUT2D eigenvalue weighted by Crippen LogP contribution is 2.37. The van der Waals surface area contributed by atoms with Crippen molar-refractivity contribution in [2.75, 3.05) is 0 Å². The molecule has 5 aromatic carbocycles. The van der Waals surface area contributed by atoms with Gasteiger partial charge in [0.15, 0.2) is 0 Å². The van der Waals surface area contributed by atoms with Crippen LogP contribution in [0.5, 0.6) is 0 Å². The second-order valence-electron chi connectivity index (χ2n) is 12.1. The van der Waals surface area contributed by atoms with E-state index in [4.69, 9.17) is 0 Å². The fraction of sp³-hybridized carbons (Fsp3) is 0.222. The molecule has 0 aliphatic carbocycles. The zero-order valence-corrected chi connectivity index (χ0v) is 22.5. The Kier molecular flexibility index (Phi) is 5.49. The van der Waals surface area contributed by atoms with E-state index in [1.165, 1.54) is 55.0 Å². The molecular weight excluding hydrogens is 446 g/mol. The van der Waals surface area contributed by atoms with Crippen LogP contribution < -0.4 is 0 Å². The summed E-state index contributed by atoms with van der Waals surface area (Å²) in [6, 6.07) is 40.4. The van der Waals surface area contributed by atoms with Gasteiger partial charge in [-0.05, 0) is 75.0 Å². The van der Waals surface area contributed by atoms with Crippen molar-refractivity contribution in [3.05, 3.63) is 126 Å². The number of para-hydroxylation sites is 1. The maximum atomic E-state index is 2.42. The quantitative estimate of drug-likeness (QED) is 0.236. The van der Waals surface area contributed by atoms with Crippen molar-refractivity contribution in [2.45, 2.75) is 51.9 Å². The fourth-order valence-corrected chi connectivity index (χ4v) is 5.94. The smallest absolute Gasteiger partial charge is 0.0541 e. The molecule has 0 N–H and O–H groups in total. The number of fused-ring (bicyclic) bond motifs is 4. The molecule has 1 heterocycles. The maximum absolute atomic E-state index is 2.42. The fourth-order valence-electron chi connectivity index (χ4n) is 5.94. The average molecular weight is 482 g/mol. The van der Waals surface area contributed by atoms with E-state index in [-0.39, 0.29) is 10.8 Å². The number of nitrogens with zero attached hydrogens (tertiary/aromatic N) is 1. The lowest BCUT2D eigenvalue weighted by Gasteiger charge is -2.27. The second kappa shape index (κ2) is 8.63. The molecule has 0 bridgehead atoms. The Morgan fingerprint density at radius 1 is 0.568 bits per heavy atom. The van der Waals surface area contributed by atoms with Crippen molar-refractivity contribution in [2.24, 2.45) is 0 Å². The van der Waals surface area contributed by atoms with Crippen LogP contribution in [0.1, 0.15) is 51.3 Å². The number of hydrogen-bond donors (Lipinski definition) is 0. The molecule has 184 valence electrons. The van der Waals surface area contributed by atoms with Gasteiger partial charge in [0.25, 0.3) is 0 Å². The molecule has 1 heteroatoms. The van der Waals surface area contributed by atoms with E-state index in [1.54, 1.807) is 0 Å². The van der Waals surface area contributed by atoms with Gasteiger partial charge in [-0.15, -0.1) is 0 Å². The first-order chi connectivity index (χ1) is 17.7. The molecule has 0 aliphatic heterocycles. The van der Waals surface area contributed by atoms with Gasteiger partial charge in [0.2, 0.25) is 0 Å². The highest BCUT2D eigenvalue weighted by atomic mass is 15.0. The van der Waals surface area contributed by atoms with Crippen LogP contribution in [0.2, 0.25) is 0 Å². The van der Waals surface area contributed by atoms with Gasteiger partial charge in [-0.3, -0.25) is 0 Å². The topological polar surface area (TPSA) is 4.93 Å². The Balaban J connectivity index is 1.45. The summed E-state index contributed by atoms with van der Waals surface area (Å²) < 4.78 is 2.41. The third-order valence-corrected chi connectivity index (χ3v) is 7.89. The van der Waals surface area contributed by atoms with E-state index in [0.29, 0.717) is 0 Å². The van der Waals surface area contributed by atoms with Crippen molar-refractivity contribution in [3.8, 4) is 5.69 Å². The number of rotatable bonds is 4. The molecule has 0 atom stereocenters. The minimum absolute atomic E-state index is 0.00962. The van der Waals surface area contributed by atoms with E-state index in [2.05, 4.69) is 148 Å². The first-order valence-corrected chi connectivity index (χ1v) is 13.3. The summed E-state index contributed by atoms with van der Waals surface area (Å²) in [4.78, 5) is 0. The summed E-state index contributed by atoms with van der Waals surface area (Å²) in [5.41, 5.74) is 8.02. The molecule has 6 rings (SSSR count). The zero-order chi connectivity index (χ0) is 25.8. The SMILES string of the molecule is CC(C)(C)c1ccc(-n2c3ccccc3c3cc(CC(C)(C)c4cccc5ccccc45)ccc32)cc1. The molecule has 0 saturated carbocycles. The minimum Gasteiger partial charge on any atom is -0.309 e. The van der Waals surface area contributed by atoms with Crippen LogP contribution in [0.4, 0.5) is 0 Å². The summed E-state index contributed by atoms with van der Waals surface area (Å²) in [5, 5.41) is 5.29. The molecule has 1 nitrogen and oxygen atoms in total. The molecule has 37 heavy (non-hydrogen) atoms. The number of benzene rings is 5. The first kappa shape index (κ1) is 23.6. The van der Waals surface area contributed by atoms with Crippen molar-refractivity contribution < 1.29 is 0 Å². The molecule has 0 radical (unpaired) electrons. The van der Waals surface area contributed by atoms with E-state index in [0.717, 1.165) is 6.42 Å². The monoisotopic (exact) mass is 481 g/mol. The molecule has 6 aromatic rings. The van der Waals surface area contributed by atoms with Gasteiger partial charge < -0.3 is 4.57 Å². The number of hydrogen-bond acceptors (Lipinski definition) is 0. The summed E-state index contributed by atoms with van der Waals surface area (Å²) in [6.07, 6.45) is 0.983. The van der Waals surface area contributed by atoms with Gasteiger partial charge in [0.05, 0.1) is 11.0 Å². The van der Waals surface area contributed by atoms with Crippen LogP contribution >= 0.6 is 0 Å². The minimum atomic E-state index is 0.00962. The largest absolute Gasteiger partial charge is 0.309 e. The van der Waals surface area contributed by atoms with Gasteiger partial charge >= 0.3 is 0 Å². The van der Waals surface area contributed by atoms with Crippen LogP contribution in [0.15, 0.2) is 109 Å². The van der Waals surface area contributed by atoms with Gasteiger partial charge in [-0.25, -0.2) is 0 Å². The van der Waals surface area contributed by atoms with Crippen LogP contribution in [-0.4, -0.2) is 4.57 Å². The lowest BCUT2D eigenvalue weighted by atomic mass is 9.77. The van der Waals surface area contributed by atoms with Crippen molar-refractivity contribution in [1.82, 2.24) is 4.57 Å². The molecule has 0 aliphatic rings. The van der Waals surface area contributed by atoms with Gasteiger partial charge in [-0.2, -0.15) is 0 Å². The Morgan fingerprint density at radius 2 is 1.22 bits per heavy atom. The molecule has 1 aromatic heterocycles. The van der Waals surface area contributed by atoms with Crippen LogP contribution in [-0.2, 0) is 17.3 Å². The third-order valence-electron chi connectivity index (χ3n) is 7.89. The van der Waals surface area contributed by atoms with E-state index in [9.17, 15) is 0 Å². The Bertz CT molecular complexity index is 1730. The van der Waals surface area contributed by atoms with Crippen LogP contribution in [0.3, 0.4) is 0 Å². The van der Waals surface area contributed by atoms with Crippen LogP contribution in [0, 0.1) is 0 Å². The standard InChI is InChI=1S/C36H35N/c1-35(2,3)27-18-20-28(21-19-27)37-33-16-9-8-14-30(33)31-23-25(17-22-34(31)37)24-36(4,5)32-15-10-12-26-11-6-7-13-29(26)32/h6-23H,24H2,1-5H3. The first-order valence-electron chi connectivity index (χ1n) is 13.3. The summed E-state index contributed by atoms with van der Waals surface area (Å²) in [7, 11) is 0. The van der Waals surface area contributed by atoms with Crippen molar-refractivity contribution in [3.63, 3.8) is 0 Å².